The van der Waals surface area contributed by atoms with E-state index in [9.17, 15) is 0 Å². The highest BCUT2D eigenvalue weighted by atomic mass is 16.5. The number of hydrogen-bond acceptors (Lipinski definition) is 5. The molecule has 1 aromatic heterocycles. The number of nitrogens with zero attached hydrogens (tertiary/aromatic N) is 3. The molecule has 2 N–H and O–H groups in total. The molecule has 3 heterocycles. The van der Waals surface area contributed by atoms with Gasteiger partial charge in [0.1, 0.15) is 5.76 Å². The monoisotopic (exact) mass is 417 g/mol. The lowest BCUT2D eigenvalue weighted by molar-refractivity contribution is -0.0352. The fraction of sp³-hybridized carbons (Fsp3) is 0.783. The van der Waals surface area contributed by atoms with E-state index in [1.807, 2.05) is 13.1 Å². The Labute approximate surface area is 181 Å². The van der Waals surface area contributed by atoms with E-state index in [-0.39, 0.29) is 11.6 Å². The van der Waals surface area contributed by atoms with Gasteiger partial charge in [-0.05, 0) is 50.9 Å². The summed E-state index contributed by atoms with van der Waals surface area (Å²) in [5.74, 6) is 1.93. The molecule has 30 heavy (non-hydrogen) atoms. The number of rotatable bonds is 7. The third kappa shape index (κ3) is 5.18. The van der Waals surface area contributed by atoms with Crippen molar-refractivity contribution >= 4 is 5.96 Å². The number of hydrogen-bond donors (Lipinski definition) is 2. The Morgan fingerprint density at radius 3 is 2.50 bits per heavy atom. The summed E-state index contributed by atoms with van der Waals surface area (Å²) in [6, 6.07) is 4.33. The maximum absolute atomic E-state index is 5.76. The number of likely N-dealkylation sites (tertiary alicyclic amines) is 1. The minimum Gasteiger partial charge on any atom is -0.468 e. The van der Waals surface area contributed by atoms with Crippen LogP contribution in [0.2, 0.25) is 0 Å². The largest absolute Gasteiger partial charge is 0.468 e. The molecule has 1 saturated carbocycles. The van der Waals surface area contributed by atoms with Gasteiger partial charge in [0, 0.05) is 38.8 Å². The van der Waals surface area contributed by atoms with E-state index in [1.54, 1.807) is 6.26 Å². The number of ether oxygens (including phenoxy) is 1. The van der Waals surface area contributed by atoms with Crippen molar-refractivity contribution < 1.29 is 9.15 Å². The van der Waals surface area contributed by atoms with Gasteiger partial charge in [-0.1, -0.05) is 19.3 Å². The number of aliphatic imine (C=N–C) groups is 1. The van der Waals surface area contributed by atoms with Crippen molar-refractivity contribution in [3.63, 3.8) is 0 Å². The second-order valence-electron chi connectivity index (χ2n) is 8.97. The Balaban J connectivity index is 1.36. The van der Waals surface area contributed by atoms with Gasteiger partial charge in [0.2, 0.25) is 0 Å². The topological polar surface area (TPSA) is 65.3 Å². The lowest BCUT2D eigenvalue weighted by Crippen LogP contribution is -2.60. The van der Waals surface area contributed by atoms with Gasteiger partial charge < -0.3 is 19.8 Å². The average molecular weight is 418 g/mol. The summed E-state index contributed by atoms with van der Waals surface area (Å²) in [6.45, 7) is 7.83. The number of guanidine groups is 1. The third-order valence-corrected chi connectivity index (χ3v) is 7.19. The molecule has 0 radical (unpaired) electrons. The number of furan rings is 1. The summed E-state index contributed by atoms with van der Waals surface area (Å²) in [7, 11) is 1.87. The highest BCUT2D eigenvalue weighted by molar-refractivity contribution is 5.79. The zero-order chi connectivity index (χ0) is 20.7. The summed E-state index contributed by atoms with van der Waals surface area (Å²) in [4.78, 5) is 9.73. The zero-order valence-electron chi connectivity index (χ0n) is 18.6. The van der Waals surface area contributed by atoms with Crippen LogP contribution in [0.4, 0.5) is 0 Å². The molecule has 1 aliphatic carbocycles. The van der Waals surface area contributed by atoms with Crippen molar-refractivity contribution in [1.82, 2.24) is 20.4 Å². The van der Waals surface area contributed by atoms with Crippen LogP contribution in [0.1, 0.15) is 56.7 Å². The molecule has 168 valence electrons. The Kier molecular flexibility index (Phi) is 7.68. The molecular formula is C23H39N5O2. The zero-order valence-corrected chi connectivity index (χ0v) is 18.6. The molecule has 2 saturated heterocycles. The van der Waals surface area contributed by atoms with Crippen LogP contribution >= 0.6 is 0 Å². The molecule has 0 bridgehead atoms. The molecule has 7 heteroatoms. The van der Waals surface area contributed by atoms with E-state index in [2.05, 4.69) is 31.5 Å². The Morgan fingerprint density at radius 2 is 1.83 bits per heavy atom. The van der Waals surface area contributed by atoms with Crippen molar-refractivity contribution in [3.8, 4) is 0 Å². The summed E-state index contributed by atoms with van der Waals surface area (Å²) in [5.41, 5.74) is 0.231. The molecule has 1 atom stereocenters. The molecule has 4 rings (SSSR count). The van der Waals surface area contributed by atoms with Gasteiger partial charge in [0.25, 0.3) is 0 Å². The average Bonchev–Trinajstić information content (AvgIpc) is 3.52. The number of nitrogens with one attached hydrogen (secondary N) is 2. The van der Waals surface area contributed by atoms with E-state index in [0.29, 0.717) is 0 Å². The first-order valence-electron chi connectivity index (χ1n) is 11.9. The molecule has 3 fully saturated rings. The molecule has 0 spiro atoms. The molecule has 0 amide bonds. The molecule has 1 aromatic rings. The van der Waals surface area contributed by atoms with Gasteiger partial charge in [-0.15, -0.1) is 0 Å². The Bertz CT molecular complexity index is 645. The first-order valence-corrected chi connectivity index (χ1v) is 11.9. The van der Waals surface area contributed by atoms with Crippen LogP contribution in [0, 0.1) is 0 Å². The maximum atomic E-state index is 5.76. The SMILES string of the molecule is CN=C(NCC(c1ccco1)N1CCCC1)NCC1(N2CCOCC2)CCCCC1. The van der Waals surface area contributed by atoms with Crippen LogP contribution < -0.4 is 10.6 Å². The van der Waals surface area contributed by atoms with Gasteiger partial charge in [0.15, 0.2) is 5.96 Å². The first kappa shape index (κ1) is 21.7. The van der Waals surface area contributed by atoms with Crippen LogP contribution in [0.15, 0.2) is 27.8 Å². The maximum Gasteiger partial charge on any atom is 0.191 e. The van der Waals surface area contributed by atoms with Crippen molar-refractivity contribution in [2.24, 2.45) is 4.99 Å². The molecule has 3 aliphatic rings. The molecule has 0 aromatic carbocycles. The number of morpholine rings is 1. The fourth-order valence-corrected chi connectivity index (χ4v) is 5.46. The van der Waals surface area contributed by atoms with Crippen molar-refractivity contribution in [1.29, 1.82) is 0 Å². The lowest BCUT2D eigenvalue weighted by atomic mass is 9.80. The van der Waals surface area contributed by atoms with E-state index in [0.717, 1.165) is 64.2 Å². The van der Waals surface area contributed by atoms with E-state index >= 15 is 0 Å². The molecule has 7 nitrogen and oxygen atoms in total. The van der Waals surface area contributed by atoms with Crippen molar-refractivity contribution in [2.45, 2.75) is 56.5 Å². The summed E-state index contributed by atoms with van der Waals surface area (Å²) >= 11 is 0. The summed E-state index contributed by atoms with van der Waals surface area (Å²) < 4.78 is 11.4. The Morgan fingerprint density at radius 1 is 1.07 bits per heavy atom. The van der Waals surface area contributed by atoms with Gasteiger partial charge in [0.05, 0.1) is 25.5 Å². The van der Waals surface area contributed by atoms with Crippen LogP contribution in [-0.2, 0) is 4.74 Å². The van der Waals surface area contributed by atoms with Crippen LogP contribution in [0.3, 0.4) is 0 Å². The van der Waals surface area contributed by atoms with E-state index in [4.69, 9.17) is 9.15 Å². The Hall–Kier alpha value is -1.57. The third-order valence-electron chi connectivity index (χ3n) is 7.19. The molecule has 1 unspecified atom stereocenters. The van der Waals surface area contributed by atoms with Gasteiger partial charge in [-0.3, -0.25) is 14.8 Å². The lowest BCUT2D eigenvalue weighted by Gasteiger charge is -2.48. The van der Waals surface area contributed by atoms with Crippen LogP contribution in [-0.4, -0.2) is 80.8 Å². The quantitative estimate of drug-likeness (QED) is 0.525. The van der Waals surface area contributed by atoms with Gasteiger partial charge in [-0.25, -0.2) is 0 Å². The fourth-order valence-electron chi connectivity index (χ4n) is 5.46. The predicted octanol–water partition coefficient (Wildman–Crippen LogP) is 2.62. The van der Waals surface area contributed by atoms with Gasteiger partial charge in [-0.2, -0.15) is 0 Å². The van der Waals surface area contributed by atoms with E-state index in [1.165, 1.54) is 44.9 Å². The standard InChI is InChI=1S/C23H39N5O2/c1-24-22(25-18-20(21-8-7-15-30-21)27-11-5-6-12-27)26-19-23(9-3-2-4-10-23)28-13-16-29-17-14-28/h7-8,15,20H,2-6,9-14,16-19H2,1H3,(H2,24,25,26). The highest BCUT2D eigenvalue weighted by Crippen LogP contribution is 2.34. The predicted molar refractivity (Wildman–Crippen MR) is 120 cm³/mol. The minimum absolute atomic E-state index is 0.231. The minimum atomic E-state index is 0.231. The molecule has 2 aliphatic heterocycles. The normalized spacial score (nSPS) is 24.6. The highest BCUT2D eigenvalue weighted by Gasteiger charge is 2.38. The summed E-state index contributed by atoms with van der Waals surface area (Å²) in [6.07, 6.45) is 10.8. The van der Waals surface area contributed by atoms with Gasteiger partial charge >= 0.3 is 0 Å². The molecular weight excluding hydrogens is 378 g/mol. The van der Waals surface area contributed by atoms with Crippen LogP contribution in [0.25, 0.3) is 0 Å². The second-order valence-corrected chi connectivity index (χ2v) is 8.97. The first-order chi connectivity index (χ1) is 14.8. The smallest absolute Gasteiger partial charge is 0.191 e. The van der Waals surface area contributed by atoms with Crippen molar-refractivity contribution in [2.75, 3.05) is 59.5 Å². The van der Waals surface area contributed by atoms with Crippen LogP contribution in [0.5, 0.6) is 0 Å². The summed E-state index contributed by atoms with van der Waals surface area (Å²) in [5, 5.41) is 7.26. The van der Waals surface area contributed by atoms with Crippen molar-refractivity contribution in [3.05, 3.63) is 24.2 Å². The second kappa shape index (κ2) is 10.6. The van der Waals surface area contributed by atoms with E-state index < -0.39 is 0 Å².